The number of amides is 1. The minimum Gasteiger partial charge on any atom is -0.341 e. The van der Waals surface area contributed by atoms with Gasteiger partial charge in [-0.3, -0.25) is 4.79 Å². The number of thioether (sulfide) groups is 2. The second-order valence-corrected chi connectivity index (χ2v) is 9.40. The van der Waals surface area contributed by atoms with Gasteiger partial charge in [0.15, 0.2) is 8.68 Å². The molecule has 1 unspecified atom stereocenters. The normalized spacial score (nSPS) is 16.1. The van der Waals surface area contributed by atoms with Gasteiger partial charge in [-0.15, -0.1) is 10.2 Å². The van der Waals surface area contributed by atoms with Crippen LogP contribution in [0.3, 0.4) is 0 Å². The molecule has 2 heterocycles. The van der Waals surface area contributed by atoms with Crippen molar-refractivity contribution in [3.05, 3.63) is 35.9 Å². The predicted molar refractivity (Wildman–Crippen MR) is 102 cm³/mol. The number of hydrogen-bond donors (Lipinski definition) is 0. The zero-order chi connectivity index (χ0) is 16.8. The fraction of sp³-hybridized carbons (Fsp3) is 0.471. The largest absolute Gasteiger partial charge is 0.341 e. The van der Waals surface area contributed by atoms with E-state index in [4.69, 9.17) is 0 Å². The van der Waals surface area contributed by atoms with Crippen molar-refractivity contribution in [2.45, 2.75) is 40.1 Å². The van der Waals surface area contributed by atoms with Crippen LogP contribution in [0.2, 0.25) is 0 Å². The van der Waals surface area contributed by atoms with Crippen LogP contribution < -0.4 is 0 Å². The van der Waals surface area contributed by atoms with E-state index in [0.29, 0.717) is 0 Å². The van der Waals surface area contributed by atoms with Gasteiger partial charge in [-0.05, 0) is 30.6 Å². The van der Waals surface area contributed by atoms with E-state index in [1.807, 2.05) is 35.2 Å². The number of piperidine rings is 1. The third-order valence-electron chi connectivity index (χ3n) is 3.87. The first kappa shape index (κ1) is 17.8. The molecule has 1 amide bonds. The van der Waals surface area contributed by atoms with Crippen molar-refractivity contribution < 1.29 is 4.79 Å². The number of carbonyl (C=O) groups is 1. The Labute approximate surface area is 155 Å². The summed E-state index contributed by atoms with van der Waals surface area (Å²) in [6.07, 6.45) is 3.43. The minimum absolute atomic E-state index is 0.200. The van der Waals surface area contributed by atoms with Crippen molar-refractivity contribution >= 4 is 40.8 Å². The Morgan fingerprint density at radius 3 is 2.58 bits per heavy atom. The summed E-state index contributed by atoms with van der Waals surface area (Å²) in [5, 5.41) is 8.24. The molecule has 0 aliphatic carbocycles. The third kappa shape index (κ3) is 4.52. The minimum atomic E-state index is -0.239. The van der Waals surface area contributed by atoms with Gasteiger partial charge in [0.1, 0.15) is 5.25 Å². The zero-order valence-electron chi connectivity index (χ0n) is 13.7. The molecule has 0 spiro atoms. The quantitative estimate of drug-likeness (QED) is 0.692. The average molecular weight is 380 g/mol. The van der Waals surface area contributed by atoms with Crippen molar-refractivity contribution in [3.8, 4) is 0 Å². The molecular weight excluding hydrogens is 358 g/mol. The van der Waals surface area contributed by atoms with Crippen molar-refractivity contribution in [1.29, 1.82) is 0 Å². The van der Waals surface area contributed by atoms with Crippen LogP contribution in [0.4, 0.5) is 0 Å². The molecule has 0 saturated carbocycles. The molecule has 0 N–H and O–H groups in total. The van der Waals surface area contributed by atoms with Crippen LogP contribution in [0, 0.1) is 0 Å². The van der Waals surface area contributed by atoms with E-state index in [1.54, 1.807) is 23.1 Å². The van der Waals surface area contributed by atoms with E-state index >= 15 is 0 Å². The average Bonchev–Trinajstić information content (AvgIpc) is 3.08. The highest BCUT2D eigenvalue weighted by Gasteiger charge is 2.29. The summed E-state index contributed by atoms with van der Waals surface area (Å²) >= 11 is 4.80. The van der Waals surface area contributed by atoms with E-state index in [0.717, 1.165) is 45.9 Å². The van der Waals surface area contributed by atoms with E-state index in [-0.39, 0.29) is 11.2 Å². The maximum absolute atomic E-state index is 13.1. The van der Waals surface area contributed by atoms with E-state index in [1.165, 1.54) is 18.2 Å². The molecule has 1 aromatic heterocycles. The van der Waals surface area contributed by atoms with Gasteiger partial charge in [0.25, 0.3) is 0 Å². The molecule has 7 heteroatoms. The molecular formula is C17H21N3OS3. The molecule has 1 fully saturated rings. The predicted octanol–water partition coefficient (Wildman–Crippen LogP) is 4.50. The molecule has 1 atom stereocenters. The first-order valence-corrected chi connectivity index (χ1v) is 10.9. The van der Waals surface area contributed by atoms with Crippen molar-refractivity contribution in [2.24, 2.45) is 0 Å². The van der Waals surface area contributed by atoms with Crippen molar-refractivity contribution in [1.82, 2.24) is 15.1 Å². The van der Waals surface area contributed by atoms with E-state index in [2.05, 4.69) is 17.1 Å². The van der Waals surface area contributed by atoms with Gasteiger partial charge in [0.05, 0.1) is 0 Å². The lowest BCUT2D eigenvalue weighted by molar-refractivity contribution is -0.131. The summed E-state index contributed by atoms with van der Waals surface area (Å²) < 4.78 is 1.84. The summed E-state index contributed by atoms with van der Waals surface area (Å²) in [5.74, 6) is 1.18. The highest BCUT2D eigenvalue weighted by atomic mass is 32.2. The monoisotopic (exact) mass is 379 g/mol. The molecule has 1 aromatic carbocycles. The van der Waals surface area contributed by atoms with E-state index < -0.39 is 0 Å². The number of rotatable bonds is 6. The molecule has 0 radical (unpaired) electrons. The van der Waals surface area contributed by atoms with E-state index in [9.17, 15) is 4.79 Å². The Kier molecular flexibility index (Phi) is 6.57. The molecule has 2 aromatic rings. The summed E-state index contributed by atoms with van der Waals surface area (Å²) in [5.41, 5.74) is 1.04. The lowest BCUT2D eigenvalue weighted by Crippen LogP contribution is -2.38. The Balaban J connectivity index is 1.80. The number of nitrogens with zero attached hydrogens (tertiary/aromatic N) is 3. The molecule has 0 bridgehead atoms. The fourth-order valence-corrected chi connectivity index (χ4v) is 5.89. The Bertz CT molecular complexity index is 656. The van der Waals surface area contributed by atoms with Gasteiger partial charge in [-0.1, -0.05) is 72.1 Å². The number of hydrogen-bond acceptors (Lipinski definition) is 6. The molecule has 3 rings (SSSR count). The van der Waals surface area contributed by atoms with Crippen LogP contribution in [0.25, 0.3) is 0 Å². The molecule has 24 heavy (non-hydrogen) atoms. The molecule has 1 aliphatic heterocycles. The number of carbonyl (C=O) groups excluding carboxylic acids is 1. The summed E-state index contributed by atoms with van der Waals surface area (Å²) in [7, 11) is 0. The SMILES string of the molecule is CCSc1nnc(SC(C(=O)N2CCCCC2)c2ccccc2)s1. The summed E-state index contributed by atoms with van der Waals surface area (Å²) in [6, 6.07) is 10.0. The van der Waals surface area contributed by atoms with Gasteiger partial charge in [-0.25, -0.2) is 0 Å². The van der Waals surface area contributed by atoms with Crippen LogP contribution in [-0.2, 0) is 4.79 Å². The van der Waals surface area contributed by atoms with Crippen LogP contribution >= 0.6 is 34.9 Å². The van der Waals surface area contributed by atoms with Gasteiger partial charge in [-0.2, -0.15) is 0 Å². The highest BCUT2D eigenvalue weighted by Crippen LogP contribution is 2.40. The number of aromatic nitrogens is 2. The first-order valence-electron chi connectivity index (χ1n) is 8.24. The molecule has 128 valence electrons. The lowest BCUT2D eigenvalue weighted by Gasteiger charge is -2.30. The zero-order valence-corrected chi connectivity index (χ0v) is 16.1. The van der Waals surface area contributed by atoms with Gasteiger partial charge in [0.2, 0.25) is 5.91 Å². The number of likely N-dealkylation sites (tertiary alicyclic amines) is 1. The smallest absolute Gasteiger partial charge is 0.240 e. The fourth-order valence-electron chi connectivity index (χ4n) is 2.70. The molecule has 4 nitrogen and oxygen atoms in total. The van der Waals surface area contributed by atoms with Crippen LogP contribution in [-0.4, -0.2) is 39.8 Å². The second kappa shape index (κ2) is 8.87. The van der Waals surface area contributed by atoms with Crippen molar-refractivity contribution in [2.75, 3.05) is 18.8 Å². The molecule has 1 saturated heterocycles. The maximum Gasteiger partial charge on any atom is 0.240 e. The summed E-state index contributed by atoms with van der Waals surface area (Å²) in [6.45, 7) is 3.84. The lowest BCUT2D eigenvalue weighted by atomic mass is 10.1. The maximum atomic E-state index is 13.1. The third-order valence-corrected chi connectivity index (χ3v) is 7.13. The number of benzene rings is 1. The van der Waals surface area contributed by atoms with Crippen molar-refractivity contribution in [3.63, 3.8) is 0 Å². The van der Waals surface area contributed by atoms with Crippen LogP contribution in [0.5, 0.6) is 0 Å². The van der Waals surface area contributed by atoms with Gasteiger partial charge < -0.3 is 4.90 Å². The topological polar surface area (TPSA) is 46.1 Å². The first-order chi connectivity index (χ1) is 11.8. The molecule has 1 aliphatic rings. The Morgan fingerprint density at radius 2 is 1.88 bits per heavy atom. The highest BCUT2D eigenvalue weighted by molar-refractivity contribution is 8.03. The van der Waals surface area contributed by atoms with Gasteiger partial charge >= 0.3 is 0 Å². The summed E-state index contributed by atoms with van der Waals surface area (Å²) in [4.78, 5) is 15.1. The second-order valence-electron chi connectivity index (χ2n) is 5.56. The van der Waals surface area contributed by atoms with Gasteiger partial charge in [0, 0.05) is 13.1 Å². The van der Waals surface area contributed by atoms with Crippen LogP contribution in [0.15, 0.2) is 39.0 Å². The standard InChI is InChI=1S/C17H21N3OS3/c1-2-22-16-18-19-17(24-16)23-14(13-9-5-3-6-10-13)15(21)20-11-7-4-8-12-20/h3,5-6,9-10,14H,2,4,7-8,11-12H2,1H3. The Hall–Kier alpha value is -1.05. The van der Waals surface area contributed by atoms with Crippen LogP contribution in [0.1, 0.15) is 37.0 Å². The Morgan fingerprint density at radius 1 is 1.17 bits per heavy atom.